The second-order valence-corrected chi connectivity index (χ2v) is 4.80. The zero-order chi connectivity index (χ0) is 13.4. The minimum Gasteiger partial charge on any atom is -0.446 e. The Morgan fingerprint density at radius 1 is 0.950 bits per heavy atom. The van der Waals surface area contributed by atoms with Crippen LogP contribution in [-0.2, 0) is 0 Å². The van der Waals surface area contributed by atoms with Gasteiger partial charge in [0.05, 0.1) is 0 Å². The van der Waals surface area contributed by atoms with Gasteiger partial charge in [-0.1, -0.05) is 66.6 Å². The first-order valence-corrected chi connectivity index (χ1v) is 6.70. The van der Waals surface area contributed by atoms with E-state index in [0.29, 0.717) is 0 Å². The highest BCUT2D eigenvalue weighted by atomic mass is 16.3. The summed E-state index contributed by atoms with van der Waals surface area (Å²) >= 11 is 0. The molecule has 1 heteroatoms. The van der Waals surface area contributed by atoms with Crippen LogP contribution in [0.4, 0.5) is 0 Å². The van der Waals surface area contributed by atoms with E-state index in [1.807, 2.05) is 18.2 Å². The zero-order valence-electron chi connectivity index (χ0n) is 10.9. The third-order valence-electron chi connectivity index (χ3n) is 3.55. The molecule has 0 aliphatic heterocycles. The predicted octanol–water partition coefficient (Wildman–Crippen LogP) is 4.87. The molecule has 0 radical (unpaired) electrons. The van der Waals surface area contributed by atoms with Gasteiger partial charge < -0.3 is 4.42 Å². The molecule has 0 N–H and O–H groups in total. The highest BCUT2D eigenvalue weighted by Crippen LogP contribution is 2.35. The molecule has 0 atom stereocenters. The maximum absolute atomic E-state index is 6.03. The lowest BCUT2D eigenvalue weighted by atomic mass is 10.0. The number of hydrogen-bond donors (Lipinski definition) is 0. The van der Waals surface area contributed by atoms with Gasteiger partial charge in [0.25, 0.3) is 0 Å². The molecule has 3 aromatic rings. The smallest absolute Gasteiger partial charge is 0.185 e. The average molecular weight is 256 g/mol. The molecule has 4 rings (SSSR count). The van der Waals surface area contributed by atoms with Crippen molar-refractivity contribution in [1.82, 2.24) is 0 Å². The Hall–Kier alpha value is -2.72. The predicted molar refractivity (Wildman–Crippen MR) is 82.2 cm³/mol. The van der Waals surface area contributed by atoms with Crippen LogP contribution in [0.15, 0.2) is 59.0 Å². The zero-order valence-corrected chi connectivity index (χ0v) is 10.9. The van der Waals surface area contributed by atoms with Gasteiger partial charge >= 0.3 is 0 Å². The van der Waals surface area contributed by atoms with Crippen LogP contribution in [-0.4, -0.2) is 0 Å². The summed E-state index contributed by atoms with van der Waals surface area (Å²) in [4.78, 5) is 0. The van der Waals surface area contributed by atoms with Crippen molar-refractivity contribution in [3.05, 3.63) is 65.9 Å². The van der Waals surface area contributed by atoms with Crippen LogP contribution in [0.2, 0.25) is 0 Å². The summed E-state index contributed by atoms with van der Waals surface area (Å²) in [5.41, 5.74) is 4.30. The van der Waals surface area contributed by atoms with E-state index in [4.69, 9.17) is 4.42 Å². The molecule has 1 aliphatic carbocycles. The fraction of sp³-hybridized carbons (Fsp3) is 0.0526. The molecule has 20 heavy (non-hydrogen) atoms. The lowest BCUT2D eigenvalue weighted by Gasteiger charge is -2.02. The minimum atomic E-state index is 0.775. The van der Waals surface area contributed by atoms with Crippen molar-refractivity contribution >= 4 is 17.0 Å². The molecular formula is C19H12O. The van der Waals surface area contributed by atoms with Crippen LogP contribution in [0.3, 0.4) is 0 Å². The van der Waals surface area contributed by atoms with Gasteiger partial charge in [0.2, 0.25) is 0 Å². The van der Waals surface area contributed by atoms with Gasteiger partial charge in [-0.05, 0) is 11.5 Å². The Bertz CT molecular complexity index is 871. The first-order valence-electron chi connectivity index (χ1n) is 6.70. The van der Waals surface area contributed by atoms with Gasteiger partial charge in [-0.3, -0.25) is 0 Å². The second kappa shape index (κ2) is 4.43. The maximum atomic E-state index is 6.03. The Morgan fingerprint density at radius 2 is 1.85 bits per heavy atom. The summed E-state index contributed by atoms with van der Waals surface area (Å²) in [6.07, 6.45) is 4.97. The summed E-state index contributed by atoms with van der Waals surface area (Å²) in [6.45, 7) is 0. The van der Waals surface area contributed by atoms with E-state index < -0.39 is 0 Å². The van der Waals surface area contributed by atoms with E-state index in [1.165, 1.54) is 5.56 Å². The van der Waals surface area contributed by atoms with E-state index >= 15 is 0 Å². The third kappa shape index (κ3) is 1.66. The Labute approximate surface area is 117 Å². The molecule has 1 aromatic heterocycles. The highest BCUT2D eigenvalue weighted by molar-refractivity contribution is 5.98. The first-order chi connectivity index (χ1) is 9.93. The normalized spacial score (nSPS) is 12.6. The molecule has 0 unspecified atom stereocenters. The Balaban J connectivity index is 2.05. The molecule has 0 saturated carbocycles. The number of allylic oxidation sites excluding steroid dienone is 1. The monoisotopic (exact) mass is 256 g/mol. The van der Waals surface area contributed by atoms with E-state index in [-0.39, 0.29) is 0 Å². The van der Waals surface area contributed by atoms with Gasteiger partial charge in [0.1, 0.15) is 5.58 Å². The second-order valence-electron chi connectivity index (χ2n) is 4.80. The van der Waals surface area contributed by atoms with Crippen molar-refractivity contribution < 1.29 is 4.42 Å². The van der Waals surface area contributed by atoms with Crippen LogP contribution < -0.4 is 0 Å². The number of para-hydroxylation sites is 1. The number of hydrogen-bond acceptors (Lipinski definition) is 1. The molecule has 0 fully saturated rings. The Kier molecular flexibility index (Phi) is 2.47. The molecule has 1 nitrogen and oxygen atoms in total. The van der Waals surface area contributed by atoms with Crippen molar-refractivity contribution in [3.63, 3.8) is 0 Å². The standard InChI is InChI=1S/C19H12O/c1-3-8-14(9-4-1)15-11-7-12-17-16-10-5-2-6-13-18(16)20-19(15)17/h1,3-5,7-12H,2H2. The summed E-state index contributed by atoms with van der Waals surface area (Å²) < 4.78 is 6.03. The van der Waals surface area contributed by atoms with Crippen molar-refractivity contribution in [2.24, 2.45) is 0 Å². The third-order valence-corrected chi connectivity index (χ3v) is 3.55. The fourth-order valence-corrected chi connectivity index (χ4v) is 2.61. The molecular weight excluding hydrogens is 244 g/mol. The minimum absolute atomic E-state index is 0.775. The fourth-order valence-electron chi connectivity index (χ4n) is 2.61. The molecule has 0 spiro atoms. The van der Waals surface area contributed by atoms with Crippen molar-refractivity contribution in [2.75, 3.05) is 0 Å². The quantitative estimate of drug-likeness (QED) is 0.566. The highest BCUT2D eigenvalue weighted by Gasteiger charge is 2.14. The molecule has 0 amide bonds. The van der Waals surface area contributed by atoms with Gasteiger partial charge in [-0.2, -0.15) is 0 Å². The lowest BCUT2D eigenvalue weighted by Crippen LogP contribution is -1.78. The molecule has 0 saturated heterocycles. The largest absolute Gasteiger partial charge is 0.446 e. The van der Waals surface area contributed by atoms with E-state index in [0.717, 1.165) is 34.3 Å². The van der Waals surface area contributed by atoms with E-state index in [2.05, 4.69) is 54.3 Å². The molecule has 2 aromatic carbocycles. The summed E-state index contributed by atoms with van der Waals surface area (Å²) in [5.74, 6) is 6.98. The van der Waals surface area contributed by atoms with Crippen molar-refractivity contribution in [1.29, 1.82) is 0 Å². The maximum Gasteiger partial charge on any atom is 0.185 e. The summed E-state index contributed by atoms with van der Waals surface area (Å²) in [5, 5.41) is 1.13. The number of benzene rings is 2. The van der Waals surface area contributed by atoms with Crippen LogP contribution in [0, 0.1) is 11.8 Å². The van der Waals surface area contributed by atoms with Gasteiger partial charge in [-0.25, -0.2) is 0 Å². The van der Waals surface area contributed by atoms with Gasteiger partial charge in [-0.15, -0.1) is 0 Å². The van der Waals surface area contributed by atoms with Crippen LogP contribution in [0.1, 0.15) is 17.7 Å². The average Bonchev–Trinajstić information content (AvgIpc) is 2.70. The molecule has 1 aliphatic rings. The Morgan fingerprint density at radius 3 is 2.75 bits per heavy atom. The van der Waals surface area contributed by atoms with E-state index in [1.54, 1.807) is 0 Å². The molecule has 94 valence electrons. The van der Waals surface area contributed by atoms with Crippen LogP contribution in [0.25, 0.3) is 28.2 Å². The lowest BCUT2D eigenvalue weighted by molar-refractivity contribution is 0.601. The summed E-state index contributed by atoms with van der Waals surface area (Å²) in [6, 6.07) is 16.6. The van der Waals surface area contributed by atoms with Crippen molar-refractivity contribution in [2.45, 2.75) is 6.42 Å². The number of fused-ring (bicyclic) bond motifs is 3. The topological polar surface area (TPSA) is 13.1 Å². The number of furan rings is 1. The van der Waals surface area contributed by atoms with Crippen LogP contribution in [0.5, 0.6) is 0 Å². The van der Waals surface area contributed by atoms with Crippen LogP contribution >= 0.6 is 0 Å². The van der Waals surface area contributed by atoms with Gasteiger partial charge in [0, 0.05) is 22.9 Å². The van der Waals surface area contributed by atoms with Crippen molar-refractivity contribution in [3.8, 4) is 23.0 Å². The number of rotatable bonds is 1. The first kappa shape index (κ1) is 11.1. The molecule has 0 bridgehead atoms. The van der Waals surface area contributed by atoms with Gasteiger partial charge in [0.15, 0.2) is 5.76 Å². The summed E-state index contributed by atoms with van der Waals surface area (Å²) in [7, 11) is 0. The molecule has 1 heterocycles. The van der Waals surface area contributed by atoms with E-state index in [9.17, 15) is 0 Å². The SMILES string of the molecule is C1#Cc2oc3c(-c4ccccc4)cccc3c2C=CC1.